The molecule has 3 rings (SSSR count). The van der Waals surface area contributed by atoms with Gasteiger partial charge in [-0.1, -0.05) is 25.0 Å². The fourth-order valence-electron chi connectivity index (χ4n) is 2.89. The summed E-state index contributed by atoms with van der Waals surface area (Å²) < 4.78 is 1.57. The molecule has 0 unspecified atom stereocenters. The topological polar surface area (TPSA) is 46.9 Å². The van der Waals surface area contributed by atoms with Crippen LogP contribution in [-0.2, 0) is 7.05 Å². The SMILES string of the molecule is Cn1nccc1C(=O)Nc1ccc(C2CCCC2)cc1. The Kier molecular flexibility index (Phi) is 3.54. The lowest BCUT2D eigenvalue weighted by molar-refractivity contribution is 0.101. The zero-order valence-corrected chi connectivity index (χ0v) is 11.7. The van der Waals surface area contributed by atoms with Crippen LogP contribution >= 0.6 is 0 Å². The summed E-state index contributed by atoms with van der Waals surface area (Å²) in [5.74, 6) is 0.579. The van der Waals surface area contributed by atoms with E-state index in [4.69, 9.17) is 0 Å². The van der Waals surface area contributed by atoms with E-state index in [2.05, 4.69) is 22.5 Å². The van der Waals surface area contributed by atoms with Gasteiger partial charge in [-0.2, -0.15) is 5.10 Å². The molecule has 1 N–H and O–H groups in total. The number of aryl methyl sites for hydroxylation is 1. The molecule has 0 radical (unpaired) electrons. The second-order valence-corrected chi connectivity index (χ2v) is 5.40. The van der Waals surface area contributed by atoms with Crippen molar-refractivity contribution in [1.29, 1.82) is 0 Å². The summed E-state index contributed by atoms with van der Waals surface area (Å²) in [6.07, 6.45) is 6.88. The van der Waals surface area contributed by atoms with Crippen LogP contribution in [-0.4, -0.2) is 15.7 Å². The fraction of sp³-hybridized carbons (Fsp3) is 0.375. The van der Waals surface area contributed by atoms with Crippen LogP contribution in [0.15, 0.2) is 36.5 Å². The zero-order valence-electron chi connectivity index (χ0n) is 11.7. The van der Waals surface area contributed by atoms with Crippen molar-refractivity contribution in [3.05, 3.63) is 47.8 Å². The molecule has 2 aromatic rings. The first-order valence-electron chi connectivity index (χ1n) is 7.13. The van der Waals surface area contributed by atoms with Crippen molar-refractivity contribution in [2.45, 2.75) is 31.6 Å². The number of nitrogens with one attached hydrogen (secondary N) is 1. The minimum absolute atomic E-state index is 0.126. The van der Waals surface area contributed by atoms with Crippen molar-refractivity contribution < 1.29 is 4.79 Å². The van der Waals surface area contributed by atoms with Crippen molar-refractivity contribution in [3.8, 4) is 0 Å². The van der Waals surface area contributed by atoms with Gasteiger partial charge in [0.2, 0.25) is 0 Å². The predicted molar refractivity (Wildman–Crippen MR) is 78.8 cm³/mol. The van der Waals surface area contributed by atoms with Gasteiger partial charge in [0.1, 0.15) is 5.69 Å². The minimum Gasteiger partial charge on any atom is -0.321 e. The van der Waals surface area contributed by atoms with E-state index in [1.807, 2.05) is 12.1 Å². The van der Waals surface area contributed by atoms with Crippen LogP contribution in [0.3, 0.4) is 0 Å². The van der Waals surface area contributed by atoms with E-state index >= 15 is 0 Å². The van der Waals surface area contributed by atoms with Crippen molar-refractivity contribution >= 4 is 11.6 Å². The molecule has 1 aliphatic carbocycles. The van der Waals surface area contributed by atoms with E-state index in [1.165, 1.54) is 31.2 Å². The lowest BCUT2D eigenvalue weighted by Crippen LogP contribution is -2.16. The highest BCUT2D eigenvalue weighted by Crippen LogP contribution is 2.34. The van der Waals surface area contributed by atoms with Gasteiger partial charge in [0.15, 0.2) is 0 Å². The molecule has 20 heavy (non-hydrogen) atoms. The Labute approximate surface area is 118 Å². The summed E-state index contributed by atoms with van der Waals surface area (Å²) in [6.45, 7) is 0. The van der Waals surface area contributed by atoms with Crippen LogP contribution in [0.2, 0.25) is 0 Å². The van der Waals surface area contributed by atoms with E-state index in [1.54, 1.807) is 24.0 Å². The van der Waals surface area contributed by atoms with Crippen molar-refractivity contribution in [2.75, 3.05) is 5.32 Å². The van der Waals surface area contributed by atoms with Crippen molar-refractivity contribution in [3.63, 3.8) is 0 Å². The molecule has 0 aliphatic heterocycles. The second-order valence-electron chi connectivity index (χ2n) is 5.40. The van der Waals surface area contributed by atoms with Crippen LogP contribution in [0.25, 0.3) is 0 Å². The third-order valence-electron chi connectivity index (χ3n) is 4.05. The minimum atomic E-state index is -0.126. The van der Waals surface area contributed by atoms with Gasteiger partial charge in [0, 0.05) is 18.9 Å². The molecule has 1 aromatic heterocycles. The standard InChI is InChI=1S/C16H19N3O/c1-19-15(10-11-17-19)16(20)18-14-8-6-13(7-9-14)12-4-2-3-5-12/h6-12H,2-5H2,1H3,(H,18,20). The Hall–Kier alpha value is -2.10. The Balaban J connectivity index is 1.69. The highest BCUT2D eigenvalue weighted by molar-refractivity contribution is 6.02. The molecule has 1 amide bonds. The van der Waals surface area contributed by atoms with Crippen LogP contribution in [0.5, 0.6) is 0 Å². The van der Waals surface area contributed by atoms with E-state index < -0.39 is 0 Å². The largest absolute Gasteiger partial charge is 0.321 e. The normalized spacial score (nSPS) is 15.4. The first-order valence-corrected chi connectivity index (χ1v) is 7.13. The zero-order chi connectivity index (χ0) is 13.9. The Bertz CT molecular complexity index is 594. The van der Waals surface area contributed by atoms with E-state index in [-0.39, 0.29) is 5.91 Å². The molecule has 4 nitrogen and oxygen atoms in total. The highest BCUT2D eigenvalue weighted by Gasteiger charge is 2.17. The van der Waals surface area contributed by atoms with Gasteiger partial charge in [-0.15, -0.1) is 0 Å². The maximum atomic E-state index is 12.1. The summed E-state index contributed by atoms with van der Waals surface area (Å²) in [4.78, 5) is 12.1. The third kappa shape index (κ3) is 2.59. The molecular formula is C16H19N3O. The van der Waals surface area contributed by atoms with Crippen molar-refractivity contribution in [1.82, 2.24) is 9.78 Å². The molecule has 0 bridgehead atoms. The summed E-state index contributed by atoms with van der Waals surface area (Å²) in [5, 5.41) is 6.90. The van der Waals surface area contributed by atoms with Gasteiger partial charge < -0.3 is 5.32 Å². The number of rotatable bonds is 3. The number of benzene rings is 1. The second kappa shape index (κ2) is 5.49. The molecule has 1 aromatic carbocycles. The van der Waals surface area contributed by atoms with Crippen LogP contribution < -0.4 is 5.32 Å². The Morgan fingerprint density at radius 2 is 1.90 bits per heavy atom. The quantitative estimate of drug-likeness (QED) is 0.929. The van der Waals surface area contributed by atoms with E-state index in [9.17, 15) is 4.79 Å². The van der Waals surface area contributed by atoms with Gasteiger partial charge in [-0.05, 0) is 42.5 Å². The molecule has 1 aliphatic rings. The predicted octanol–water partition coefficient (Wildman–Crippen LogP) is 3.33. The molecule has 0 saturated heterocycles. The number of hydrogen-bond donors (Lipinski definition) is 1. The lowest BCUT2D eigenvalue weighted by Gasteiger charge is -2.11. The average molecular weight is 269 g/mol. The van der Waals surface area contributed by atoms with Crippen molar-refractivity contribution in [2.24, 2.45) is 7.05 Å². The molecule has 1 saturated carbocycles. The van der Waals surface area contributed by atoms with Gasteiger partial charge in [-0.3, -0.25) is 9.48 Å². The average Bonchev–Trinajstić information content (AvgIpc) is 3.10. The molecule has 0 spiro atoms. The molecule has 1 fully saturated rings. The fourth-order valence-corrected chi connectivity index (χ4v) is 2.89. The summed E-state index contributed by atoms with van der Waals surface area (Å²) in [7, 11) is 1.76. The number of amides is 1. The smallest absolute Gasteiger partial charge is 0.273 e. The Morgan fingerprint density at radius 1 is 1.20 bits per heavy atom. The maximum absolute atomic E-state index is 12.1. The summed E-state index contributed by atoms with van der Waals surface area (Å²) >= 11 is 0. The van der Waals surface area contributed by atoms with Crippen LogP contribution in [0, 0.1) is 0 Å². The maximum Gasteiger partial charge on any atom is 0.273 e. The molecule has 1 heterocycles. The monoisotopic (exact) mass is 269 g/mol. The van der Waals surface area contributed by atoms with Gasteiger partial charge in [0.05, 0.1) is 0 Å². The first kappa shape index (κ1) is 12.9. The van der Waals surface area contributed by atoms with E-state index in [0.29, 0.717) is 11.6 Å². The number of carbonyl (C=O) groups is 1. The van der Waals surface area contributed by atoms with Gasteiger partial charge in [0.25, 0.3) is 5.91 Å². The molecular weight excluding hydrogens is 250 g/mol. The summed E-state index contributed by atoms with van der Waals surface area (Å²) in [5.41, 5.74) is 2.78. The first-order chi connectivity index (χ1) is 9.74. The molecule has 4 heteroatoms. The van der Waals surface area contributed by atoms with Crippen LogP contribution in [0.1, 0.15) is 47.7 Å². The van der Waals surface area contributed by atoms with E-state index in [0.717, 1.165) is 5.69 Å². The van der Waals surface area contributed by atoms with Crippen LogP contribution in [0.4, 0.5) is 5.69 Å². The lowest BCUT2D eigenvalue weighted by atomic mass is 9.98. The number of anilines is 1. The van der Waals surface area contributed by atoms with Gasteiger partial charge in [-0.25, -0.2) is 0 Å². The van der Waals surface area contributed by atoms with Gasteiger partial charge >= 0.3 is 0 Å². The Morgan fingerprint density at radius 3 is 2.50 bits per heavy atom. The summed E-state index contributed by atoms with van der Waals surface area (Å²) in [6, 6.07) is 9.95. The number of aromatic nitrogens is 2. The number of nitrogens with zero attached hydrogens (tertiary/aromatic N) is 2. The molecule has 104 valence electrons. The third-order valence-corrected chi connectivity index (χ3v) is 4.05. The number of hydrogen-bond acceptors (Lipinski definition) is 2. The highest BCUT2D eigenvalue weighted by atomic mass is 16.2. The number of carbonyl (C=O) groups excluding carboxylic acids is 1. The molecule has 0 atom stereocenters.